The molecule has 0 aliphatic heterocycles. The van der Waals surface area contributed by atoms with Crippen LogP contribution in [0.25, 0.3) is 11.3 Å². The van der Waals surface area contributed by atoms with Crippen molar-refractivity contribution in [1.29, 1.82) is 0 Å². The Hall–Kier alpha value is -3.19. The first kappa shape index (κ1) is 18.6. The van der Waals surface area contributed by atoms with Crippen LogP contribution in [-0.2, 0) is 0 Å². The topological polar surface area (TPSA) is 83.1 Å². The van der Waals surface area contributed by atoms with Gasteiger partial charge in [0.05, 0.1) is 16.9 Å². The zero-order valence-electron chi connectivity index (χ0n) is 15.0. The van der Waals surface area contributed by atoms with Crippen molar-refractivity contribution in [3.8, 4) is 11.3 Å². The average Bonchev–Trinajstić information content (AvgIpc) is 3.10. The van der Waals surface area contributed by atoms with E-state index in [9.17, 15) is 9.59 Å². The number of carbonyl (C=O) groups is 2. The summed E-state index contributed by atoms with van der Waals surface area (Å²) in [5.41, 5.74) is 2.60. The second-order valence-electron chi connectivity index (χ2n) is 6.16. The molecule has 0 saturated carbocycles. The van der Waals surface area contributed by atoms with Crippen LogP contribution in [0.1, 0.15) is 24.2 Å². The third-order valence-electron chi connectivity index (χ3n) is 3.63. The van der Waals surface area contributed by atoms with E-state index in [0.29, 0.717) is 16.4 Å². The fraction of sp³-hybridized carbons (Fsp3) is 0.150. The SMILES string of the molecule is CC(C)NC(=O)Nc1ccccc1C(=O)Nc1nc(-c2ccccc2)cs1. The summed E-state index contributed by atoms with van der Waals surface area (Å²) in [7, 11) is 0. The highest BCUT2D eigenvalue weighted by molar-refractivity contribution is 7.14. The summed E-state index contributed by atoms with van der Waals surface area (Å²) >= 11 is 1.35. The number of thiazole rings is 1. The Morgan fingerprint density at radius 2 is 1.67 bits per heavy atom. The molecule has 3 rings (SSSR count). The Balaban J connectivity index is 1.73. The van der Waals surface area contributed by atoms with Crippen molar-refractivity contribution < 1.29 is 9.59 Å². The minimum Gasteiger partial charge on any atom is -0.336 e. The summed E-state index contributed by atoms with van der Waals surface area (Å²) in [6.45, 7) is 3.73. The van der Waals surface area contributed by atoms with Crippen molar-refractivity contribution in [1.82, 2.24) is 10.3 Å². The van der Waals surface area contributed by atoms with Crippen molar-refractivity contribution in [2.45, 2.75) is 19.9 Å². The number of urea groups is 1. The van der Waals surface area contributed by atoms with Gasteiger partial charge in [0.1, 0.15) is 0 Å². The Labute approximate surface area is 161 Å². The van der Waals surface area contributed by atoms with Crippen LogP contribution >= 0.6 is 11.3 Å². The van der Waals surface area contributed by atoms with Gasteiger partial charge in [-0.15, -0.1) is 11.3 Å². The lowest BCUT2D eigenvalue weighted by molar-refractivity contribution is 0.102. The molecule has 3 aromatic rings. The minimum absolute atomic E-state index is 0.00212. The molecule has 6 nitrogen and oxygen atoms in total. The van der Waals surface area contributed by atoms with Crippen LogP contribution in [0.5, 0.6) is 0 Å². The summed E-state index contributed by atoms with van der Waals surface area (Å²) in [5, 5.41) is 10.6. The maximum Gasteiger partial charge on any atom is 0.319 e. The number of anilines is 2. The van der Waals surface area contributed by atoms with Crippen LogP contribution < -0.4 is 16.0 Å². The van der Waals surface area contributed by atoms with Crippen LogP contribution in [0.3, 0.4) is 0 Å². The molecular weight excluding hydrogens is 360 g/mol. The van der Waals surface area contributed by atoms with Crippen LogP contribution in [0.4, 0.5) is 15.6 Å². The van der Waals surface area contributed by atoms with Gasteiger partial charge in [0.2, 0.25) is 0 Å². The second-order valence-corrected chi connectivity index (χ2v) is 7.01. The molecule has 0 fully saturated rings. The number of nitrogens with one attached hydrogen (secondary N) is 3. The van der Waals surface area contributed by atoms with Crippen LogP contribution in [0, 0.1) is 0 Å². The molecule has 27 heavy (non-hydrogen) atoms. The smallest absolute Gasteiger partial charge is 0.319 e. The van der Waals surface area contributed by atoms with E-state index in [2.05, 4.69) is 20.9 Å². The molecule has 0 spiro atoms. The number of nitrogens with zero attached hydrogens (tertiary/aromatic N) is 1. The van der Waals surface area contributed by atoms with Crippen molar-refractivity contribution in [3.63, 3.8) is 0 Å². The lowest BCUT2D eigenvalue weighted by atomic mass is 10.1. The number of rotatable bonds is 5. The molecule has 0 atom stereocenters. The molecule has 3 N–H and O–H groups in total. The quantitative estimate of drug-likeness (QED) is 0.605. The maximum absolute atomic E-state index is 12.7. The van der Waals surface area contributed by atoms with Gasteiger partial charge in [0.25, 0.3) is 5.91 Å². The summed E-state index contributed by atoms with van der Waals surface area (Å²) < 4.78 is 0. The number of carbonyl (C=O) groups excluding carboxylic acids is 2. The number of hydrogen-bond donors (Lipinski definition) is 3. The van der Waals surface area contributed by atoms with Gasteiger partial charge in [0.15, 0.2) is 5.13 Å². The first-order valence-electron chi connectivity index (χ1n) is 8.52. The largest absolute Gasteiger partial charge is 0.336 e. The molecule has 0 aliphatic carbocycles. The van der Waals surface area contributed by atoms with E-state index in [1.54, 1.807) is 24.3 Å². The molecule has 0 unspecified atom stereocenters. The van der Waals surface area contributed by atoms with Crippen LogP contribution in [0.2, 0.25) is 0 Å². The number of para-hydroxylation sites is 1. The van der Waals surface area contributed by atoms with Crippen molar-refractivity contribution in [3.05, 3.63) is 65.5 Å². The summed E-state index contributed by atoms with van der Waals surface area (Å²) in [4.78, 5) is 29.1. The van der Waals surface area contributed by atoms with E-state index >= 15 is 0 Å². The molecule has 1 heterocycles. The van der Waals surface area contributed by atoms with Gasteiger partial charge in [-0.2, -0.15) is 0 Å². The highest BCUT2D eigenvalue weighted by atomic mass is 32.1. The van der Waals surface area contributed by atoms with Crippen molar-refractivity contribution in [2.24, 2.45) is 0 Å². The van der Waals surface area contributed by atoms with Gasteiger partial charge in [-0.1, -0.05) is 42.5 Å². The van der Waals surface area contributed by atoms with E-state index in [1.165, 1.54) is 11.3 Å². The number of hydrogen-bond acceptors (Lipinski definition) is 4. The number of benzene rings is 2. The van der Waals surface area contributed by atoms with Gasteiger partial charge in [-0.25, -0.2) is 9.78 Å². The zero-order valence-corrected chi connectivity index (χ0v) is 15.8. The lowest BCUT2D eigenvalue weighted by Gasteiger charge is -2.13. The molecular formula is C20H20N4O2S. The Kier molecular flexibility index (Phi) is 5.83. The predicted molar refractivity (Wildman–Crippen MR) is 109 cm³/mol. The Morgan fingerprint density at radius 3 is 2.41 bits per heavy atom. The van der Waals surface area contributed by atoms with Crippen molar-refractivity contribution in [2.75, 3.05) is 10.6 Å². The minimum atomic E-state index is -0.356. The third kappa shape index (κ3) is 4.92. The van der Waals surface area contributed by atoms with Gasteiger partial charge in [-0.05, 0) is 26.0 Å². The van der Waals surface area contributed by atoms with E-state index in [1.807, 2.05) is 49.6 Å². The molecule has 0 saturated heterocycles. The van der Waals surface area contributed by atoms with Crippen LogP contribution in [-0.4, -0.2) is 23.0 Å². The molecule has 2 aromatic carbocycles. The first-order chi connectivity index (χ1) is 13.0. The predicted octanol–water partition coefficient (Wildman–Crippen LogP) is 4.59. The molecule has 0 bridgehead atoms. The average molecular weight is 380 g/mol. The van der Waals surface area contributed by atoms with E-state index in [4.69, 9.17) is 0 Å². The third-order valence-corrected chi connectivity index (χ3v) is 4.39. The van der Waals surface area contributed by atoms with Gasteiger partial charge in [0, 0.05) is 17.0 Å². The van der Waals surface area contributed by atoms with Crippen molar-refractivity contribution >= 4 is 34.1 Å². The summed E-state index contributed by atoms with van der Waals surface area (Å²) in [5.74, 6) is -0.329. The van der Waals surface area contributed by atoms with Gasteiger partial charge in [-0.3, -0.25) is 10.1 Å². The summed E-state index contributed by atoms with van der Waals surface area (Å²) in [6, 6.07) is 16.3. The number of amides is 3. The summed E-state index contributed by atoms with van der Waals surface area (Å²) in [6.07, 6.45) is 0. The van der Waals surface area contributed by atoms with E-state index in [-0.39, 0.29) is 18.0 Å². The molecule has 7 heteroatoms. The lowest BCUT2D eigenvalue weighted by Crippen LogP contribution is -2.34. The molecule has 0 aliphatic rings. The molecule has 138 valence electrons. The number of aromatic nitrogens is 1. The molecule has 3 amide bonds. The highest BCUT2D eigenvalue weighted by Gasteiger charge is 2.15. The molecule has 1 aromatic heterocycles. The monoisotopic (exact) mass is 380 g/mol. The first-order valence-corrected chi connectivity index (χ1v) is 9.40. The highest BCUT2D eigenvalue weighted by Crippen LogP contribution is 2.25. The Bertz CT molecular complexity index is 938. The standard InChI is InChI=1S/C20H20N4O2S/c1-13(2)21-19(26)22-16-11-7-6-10-15(16)18(25)24-20-23-17(12-27-20)14-8-4-3-5-9-14/h3-13H,1-2H3,(H2,21,22,26)(H,23,24,25). The van der Waals surface area contributed by atoms with E-state index < -0.39 is 0 Å². The van der Waals surface area contributed by atoms with Gasteiger partial charge >= 0.3 is 6.03 Å². The van der Waals surface area contributed by atoms with E-state index in [0.717, 1.165) is 11.3 Å². The van der Waals surface area contributed by atoms with Gasteiger partial charge < -0.3 is 10.6 Å². The Morgan fingerprint density at radius 1 is 0.963 bits per heavy atom. The zero-order chi connectivity index (χ0) is 19.2. The second kappa shape index (κ2) is 8.46. The normalized spacial score (nSPS) is 10.5. The molecule has 0 radical (unpaired) electrons. The maximum atomic E-state index is 12.7. The fourth-order valence-corrected chi connectivity index (χ4v) is 3.16. The van der Waals surface area contributed by atoms with Crippen LogP contribution in [0.15, 0.2) is 60.0 Å². The fourth-order valence-electron chi connectivity index (χ4n) is 2.45.